The molecule has 0 spiro atoms. The quantitative estimate of drug-likeness (QED) is 0.258. The standard InChI is InChI=1S/C32H37Cl2N3O4S/c1-3-24-14-18-28(19-15-24)37(42(40,41)29-12-8-5-9-13-29)22-31(38)36(21-25-16-17-26(33)20-30(25)34)23(2)32(39)35-27-10-6-4-7-11-27/h5,8-9,12-20,23,27H,3-4,6-7,10-11,21-22H2,1-2H3,(H,35,39)/t23-/m0/s1. The van der Waals surface area contributed by atoms with Gasteiger partial charge in [0, 0.05) is 22.6 Å². The highest BCUT2D eigenvalue weighted by Gasteiger charge is 2.33. The molecule has 1 aliphatic rings. The Morgan fingerprint density at radius 1 is 0.952 bits per heavy atom. The molecule has 1 N–H and O–H groups in total. The summed E-state index contributed by atoms with van der Waals surface area (Å²) in [6.45, 7) is 3.17. The molecule has 3 aromatic rings. The van der Waals surface area contributed by atoms with Crippen molar-refractivity contribution in [2.45, 2.75) is 75.9 Å². The van der Waals surface area contributed by atoms with Crippen LogP contribution >= 0.6 is 23.2 Å². The molecule has 224 valence electrons. The average Bonchev–Trinajstić information content (AvgIpc) is 3.00. The molecule has 0 heterocycles. The minimum Gasteiger partial charge on any atom is -0.352 e. The molecule has 1 atom stereocenters. The van der Waals surface area contributed by atoms with Crippen molar-refractivity contribution in [1.29, 1.82) is 0 Å². The van der Waals surface area contributed by atoms with Crippen LogP contribution in [-0.2, 0) is 32.6 Å². The molecule has 1 fully saturated rings. The van der Waals surface area contributed by atoms with Crippen molar-refractivity contribution >= 4 is 50.7 Å². The van der Waals surface area contributed by atoms with E-state index in [0.717, 1.165) is 48.4 Å². The number of nitrogens with zero attached hydrogens (tertiary/aromatic N) is 2. The lowest BCUT2D eigenvalue weighted by molar-refractivity contribution is -0.139. The fourth-order valence-corrected chi connectivity index (χ4v) is 7.03. The highest BCUT2D eigenvalue weighted by atomic mass is 35.5. The highest BCUT2D eigenvalue weighted by Crippen LogP contribution is 2.27. The summed E-state index contributed by atoms with van der Waals surface area (Å²) in [4.78, 5) is 29.0. The van der Waals surface area contributed by atoms with Gasteiger partial charge in [0.1, 0.15) is 12.6 Å². The lowest BCUT2D eigenvalue weighted by atomic mass is 9.95. The summed E-state index contributed by atoms with van der Waals surface area (Å²) in [7, 11) is -4.12. The SMILES string of the molecule is CCc1ccc(N(CC(=O)N(Cc2ccc(Cl)cc2Cl)[C@@H](C)C(=O)NC2CCCCC2)S(=O)(=O)c2ccccc2)cc1. The number of hydrogen-bond donors (Lipinski definition) is 1. The van der Waals surface area contributed by atoms with Crippen LogP contribution in [0.2, 0.25) is 10.0 Å². The Labute approximate surface area is 258 Å². The number of amides is 2. The maximum atomic E-state index is 14.1. The van der Waals surface area contributed by atoms with Gasteiger partial charge in [0.15, 0.2) is 0 Å². The van der Waals surface area contributed by atoms with Crippen molar-refractivity contribution in [1.82, 2.24) is 10.2 Å². The number of halogens is 2. The molecule has 0 radical (unpaired) electrons. The number of carbonyl (C=O) groups excluding carboxylic acids is 2. The molecular formula is C32H37Cl2N3O4S. The fourth-order valence-electron chi connectivity index (χ4n) is 5.13. The van der Waals surface area contributed by atoms with Crippen LogP contribution in [0, 0.1) is 0 Å². The van der Waals surface area contributed by atoms with Gasteiger partial charge < -0.3 is 10.2 Å². The topological polar surface area (TPSA) is 86.8 Å². The molecule has 0 unspecified atom stereocenters. The lowest BCUT2D eigenvalue weighted by Gasteiger charge is -2.33. The molecule has 42 heavy (non-hydrogen) atoms. The van der Waals surface area contributed by atoms with E-state index in [4.69, 9.17) is 23.2 Å². The van der Waals surface area contributed by atoms with Crippen LogP contribution in [0.3, 0.4) is 0 Å². The molecule has 0 aromatic heterocycles. The van der Waals surface area contributed by atoms with E-state index in [9.17, 15) is 18.0 Å². The Hall–Kier alpha value is -3.07. The third-order valence-electron chi connectivity index (χ3n) is 7.72. The summed E-state index contributed by atoms with van der Waals surface area (Å²) < 4.78 is 28.9. The second kappa shape index (κ2) is 14.4. The second-order valence-corrected chi connectivity index (χ2v) is 13.3. The first kappa shape index (κ1) is 31.9. The van der Waals surface area contributed by atoms with Crippen molar-refractivity contribution in [3.05, 3.63) is 94.0 Å². The maximum Gasteiger partial charge on any atom is 0.264 e. The molecule has 10 heteroatoms. The van der Waals surface area contributed by atoms with E-state index >= 15 is 0 Å². The number of benzene rings is 3. The highest BCUT2D eigenvalue weighted by molar-refractivity contribution is 7.92. The summed E-state index contributed by atoms with van der Waals surface area (Å²) >= 11 is 12.6. The lowest BCUT2D eigenvalue weighted by Crippen LogP contribution is -2.53. The van der Waals surface area contributed by atoms with Crippen molar-refractivity contribution in [2.75, 3.05) is 10.8 Å². The Balaban J connectivity index is 1.69. The van der Waals surface area contributed by atoms with Gasteiger partial charge in [-0.05, 0) is 73.7 Å². The van der Waals surface area contributed by atoms with Gasteiger partial charge in [-0.3, -0.25) is 13.9 Å². The number of sulfonamides is 1. The van der Waals surface area contributed by atoms with E-state index < -0.39 is 28.5 Å². The fraction of sp³-hybridized carbons (Fsp3) is 0.375. The van der Waals surface area contributed by atoms with Crippen molar-refractivity contribution in [3.63, 3.8) is 0 Å². The summed E-state index contributed by atoms with van der Waals surface area (Å²) in [5.74, 6) is -0.823. The summed E-state index contributed by atoms with van der Waals surface area (Å²) in [5.41, 5.74) is 1.99. The zero-order valence-corrected chi connectivity index (χ0v) is 26.3. The first-order chi connectivity index (χ1) is 20.1. The van der Waals surface area contributed by atoms with E-state index in [0.29, 0.717) is 21.3 Å². The summed E-state index contributed by atoms with van der Waals surface area (Å²) in [6.07, 6.45) is 5.82. The summed E-state index contributed by atoms with van der Waals surface area (Å²) in [5, 5.41) is 3.89. The number of anilines is 1. The first-order valence-corrected chi connectivity index (χ1v) is 16.5. The van der Waals surface area contributed by atoms with Crippen LogP contribution in [0.5, 0.6) is 0 Å². The molecule has 0 aliphatic heterocycles. The number of carbonyl (C=O) groups is 2. The van der Waals surface area contributed by atoms with Crippen molar-refractivity contribution in [3.8, 4) is 0 Å². The Bertz CT molecular complexity index is 1480. The van der Waals surface area contributed by atoms with Crippen LogP contribution in [0.25, 0.3) is 0 Å². The van der Waals surface area contributed by atoms with Gasteiger partial charge in [0.25, 0.3) is 10.0 Å². The minimum atomic E-state index is -4.12. The number of hydrogen-bond acceptors (Lipinski definition) is 4. The van der Waals surface area contributed by atoms with Gasteiger partial charge in [0.2, 0.25) is 11.8 Å². The van der Waals surface area contributed by atoms with E-state index in [1.165, 1.54) is 17.0 Å². The van der Waals surface area contributed by atoms with Crippen LogP contribution in [0.15, 0.2) is 77.7 Å². The molecule has 0 saturated heterocycles. The molecule has 2 amide bonds. The van der Waals surface area contributed by atoms with Crippen molar-refractivity contribution < 1.29 is 18.0 Å². The third-order valence-corrected chi connectivity index (χ3v) is 10.1. The van der Waals surface area contributed by atoms with Gasteiger partial charge in [-0.1, -0.05) is 85.8 Å². The minimum absolute atomic E-state index is 0.00207. The van der Waals surface area contributed by atoms with Gasteiger partial charge in [-0.25, -0.2) is 8.42 Å². The predicted molar refractivity (Wildman–Crippen MR) is 168 cm³/mol. The van der Waals surface area contributed by atoms with E-state index in [1.54, 1.807) is 55.5 Å². The van der Waals surface area contributed by atoms with Crippen molar-refractivity contribution in [2.24, 2.45) is 0 Å². The average molecular weight is 631 g/mol. The van der Waals surface area contributed by atoms with Gasteiger partial charge in [-0.2, -0.15) is 0 Å². The zero-order valence-electron chi connectivity index (χ0n) is 23.9. The maximum absolute atomic E-state index is 14.1. The number of aryl methyl sites for hydroxylation is 1. The third kappa shape index (κ3) is 7.85. The molecule has 1 aliphatic carbocycles. The van der Waals surface area contributed by atoms with Crippen LogP contribution < -0.4 is 9.62 Å². The van der Waals surface area contributed by atoms with Crippen LogP contribution in [0.4, 0.5) is 5.69 Å². The molecular weight excluding hydrogens is 593 g/mol. The molecule has 7 nitrogen and oxygen atoms in total. The van der Waals surface area contributed by atoms with Gasteiger partial charge >= 0.3 is 0 Å². The van der Waals surface area contributed by atoms with Gasteiger partial charge in [0.05, 0.1) is 10.6 Å². The molecule has 0 bridgehead atoms. The van der Waals surface area contributed by atoms with E-state index in [1.807, 2.05) is 19.1 Å². The monoisotopic (exact) mass is 629 g/mol. The van der Waals surface area contributed by atoms with Gasteiger partial charge in [-0.15, -0.1) is 0 Å². The number of nitrogens with one attached hydrogen (secondary N) is 1. The van der Waals surface area contributed by atoms with Crippen LogP contribution in [-0.4, -0.2) is 43.8 Å². The van der Waals surface area contributed by atoms with Crippen LogP contribution in [0.1, 0.15) is 57.1 Å². The van der Waals surface area contributed by atoms with E-state index in [2.05, 4.69) is 5.32 Å². The molecule has 3 aromatic carbocycles. The Kier molecular flexibility index (Phi) is 10.9. The molecule has 4 rings (SSSR count). The Morgan fingerprint density at radius 3 is 2.24 bits per heavy atom. The zero-order chi connectivity index (χ0) is 30.3. The van der Waals surface area contributed by atoms with E-state index in [-0.39, 0.29) is 23.4 Å². The smallest absolute Gasteiger partial charge is 0.264 e. The predicted octanol–water partition coefficient (Wildman–Crippen LogP) is 6.62. The molecule has 1 saturated carbocycles. The normalized spacial score (nSPS) is 14.7. The largest absolute Gasteiger partial charge is 0.352 e. The first-order valence-electron chi connectivity index (χ1n) is 14.3. The Morgan fingerprint density at radius 2 is 1.62 bits per heavy atom. The summed E-state index contributed by atoms with van der Waals surface area (Å²) in [6, 6.07) is 19.2. The number of rotatable bonds is 11. The second-order valence-electron chi connectivity index (χ2n) is 10.6.